The fraction of sp³-hybridized carbons (Fsp3) is 0. The third-order valence-corrected chi connectivity index (χ3v) is 0. The Morgan fingerprint density at radius 1 is 0.353 bits per heavy atom. The quantitative estimate of drug-likeness (QED) is 0.486. The van der Waals surface area contributed by atoms with Gasteiger partial charge in [-0.3, -0.25) is 0 Å². The number of hydrogen-bond acceptors (Lipinski definition) is 0. The van der Waals surface area contributed by atoms with Gasteiger partial charge in [-0.1, -0.05) is 0 Å². The van der Waals surface area contributed by atoms with Crippen molar-refractivity contribution >= 4 is 51.3 Å². The molecule has 0 radical (unpaired) electrons. The molecule has 17 heteroatoms. The summed E-state index contributed by atoms with van der Waals surface area (Å²) in [6, 6.07) is 0. The summed E-state index contributed by atoms with van der Waals surface area (Å²) in [6.07, 6.45) is 0. The first-order valence-corrected chi connectivity index (χ1v) is 2.62. The molecule has 1 nitrogen and oxygen atoms in total. The fourth-order valence-corrected chi connectivity index (χ4v) is 0. The molecular weight excluding hydrogens is 299 g/mol. The van der Waals surface area contributed by atoms with Crippen LogP contribution in [-0.4, -0.2) is 56.8 Å². The first kappa shape index (κ1) is 30.4. The molecule has 0 aliphatic carbocycles. The second-order valence-electron chi connectivity index (χ2n) is 1.48. The Bertz CT molecular complexity index is 96.8. The van der Waals surface area contributed by atoms with E-state index in [-0.39, 0.29) is 35.0 Å². The maximum atomic E-state index is 9.75. The average Bonchev–Trinajstić information content (AvgIpc) is 1.41. The van der Waals surface area contributed by atoms with Crippen molar-refractivity contribution < 1.29 is 57.3 Å². The van der Waals surface area contributed by atoms with E-state index in [0.717, 1.165) is 0 Å². The van der Waals surface area contributed by atoms with Crippen LogP contribution in [0.2, 0.25) is 0 Å². The molecule has 2 N–H and O–H groups in total. The topological polar surface area (TPSA) is 31.5 Å². The molecule has 0 fully saturated rings. The van der Waals surface area contributed by atoms with Gasteiger partial charge in [0.15, 0.2) is 0 Å². The van der Waals surface area contributed by atoms with E-state index < -0.39 is 21.8 Å². The molecule has 0 aromatic heterocycles. The van der Waals surface area contributed by atoms with Gasteiger partial charge >= 0.3 is 51.3 Å². The van der Waals surface area contributed by atoms with Crippen LogP contribution < -0.4 is 0 Å². The van der Waals surface area contributed by atoms with E-state index in [0.29, 0.717) is 0 Å². The summed E-state index contributed by atoms with van der Waals surface area (Å²) in [5.74, 6) is 0. The SMILES string of the molecule is F[B-](F)(F)F.F[B-](F)(F)F.F[B-](F)(F)F.O.[NaH]. The van der Waals surface area contributed by atoms with Gasteiger partial charge in [-0.05, 0) is 0 Å². The molecule has 0 rings (SSSR count). The van der Waals surface area contributed by atoms with Crippen LogP contribution in [0.25, 0.3) is 0 Å². The second kappa shape index (κ2) is 11.4. The van der Waals surface area contributed by atoms with Crippen LogP contribution in [0.5, 0.6) is 0 Å². The van der Waals surface area contributed by atoms with Gasteiger partial charge in [-0.2, -0.15) is 0 Å². The molecule has 0 amide bonds. The first-order chi connectivity index (χ1) is 6.00. The van der Waals surface area contributed by atoms with E-state index in [2.05, 4.69) is 0 Å². The van der Waals surface area contributed by atoms with Gasteiger partial charge in [0.2, 0.25) is 0 Å². The molecule has 0 saturated carbocycles. The summed E-state index contributed by atoms with van der Waals surface area (Å²) in [5, 5.41) is 0. The number of hydrogen-bond donors (Lipinski definition) is 0. The monoisotopic (exact) mass is 303 g/mol. The van der Waals surface area contributed by atoms with Crippen molar-refractivity contribution in [3.05, 3.63) is 0 Å². The van der Waals surface area contributed by atoms with Crippen LogP contribution in [0.15, 0.2) is 0 Å². The van der Waals surface area contributed by atoms with E-state index in [1.807, 2.05) is 0 Å². The van der Waals surface area contributed by atoms with E-state index in [1.54, 1.807) is 0 Å². The van der Waals surface area contributed by atoms with Crippen molar-refractivity contribution in [2.24, 2.45) is 0 Å². The molecule has 106 valence electrons. The minimum absolute atomic E-state index is 0. The summed E-state index contributed by atoms with van der Waals surface area (Å²) in [4.78, 5) is 0. The zero-order valence-electron chi connectivity index (χ0n) is 6.77. The van der Waals surface area contributed by atoms with Crippen LogP contribution in [0, 0.1) is 0 Å². The fourth-order valence-electron chi connectivity index (χ4n) is 0. The van der Waals surface area contributed by atoms with Crippen molar-refractivity contribution in [1.29, 1.82) is 0 Å². The molecule has 0 spiro atoms. The standard InChI is InChI=1S/3BF4.Na.H2O.H/c3*2-1(3,4)5;;;/h;;;;1H2;/q3*-1;;;. The summed E-state index contributed by atoms with van der Waals surface area (Å²) < 4.78 is 117. The van der Waals surface area contributed by atoms with Gasteiger partial charge in [0.1, 0.15) is 0 Å². The van der Waals surface area contributed by atoms with Gasteiger partial charge < -0.3 is 57.3 Å². The van der Waals surface area contributed by atoms with Gasteiger partial charge in [0.25, 0.3) is 0 Å². The molecule has 0 heterocycles. The summed E-state index contributed by atoms with van der Waals surface area (Å²) in [7, 11) is -18.0. The first-order valence-electron chi connectivity index (χ1n) is 2.62. The third kappa shape index (κ3) is 33700. The molecular formula is H3B3F12NaO-3. The summed E-state index contributed by atoms with van der Waals surface area (Å²) in [6.45, 7) is 0. The summed E-state index contributed by atoms with van der Waals surface area (Å²) >= 11 is 0. The van der Waals surface area contributed by atoms with E-state index in [1.165, 1.54) is 0 Å². The molecule has 0 aromatic carbocycles. The third-order valence-electron chi connectivity index (χ3n) is 0. The predicted octanol–water partition coefficient (Wildman–Crippen LogP) is 2.43. The minimum atomic E-state index is -6.00. The molecule has 0 aliphatic heterocycles. The Hall–Kier alpha value is 0.315. The Balaban J connectivity index is -0.0000000400. The van der Waals surface area contributed by atoms with Crippen molar-refractivity contribution in [2.75, 3.05) is 0 Å². The molecule has 17 heavy (non-hydrogen) atoms. The van der Waals surface area contributed by atoms with Crippen molar-refractivity contribution in [1.82, 2.24) is 0 Å². The molecule has 0 aromatic rings. The van der Waals surface area contributed by atoms with Gasteiger partial charge in [0.05, 0.1) is 0 Å². The Morgan fingerprint density at radius 2 is 0.353 bits per heavy atom. The van der Waals surface area contributed by atoms with Gasteiger partial charge in [-0.15, -0.1) is 0 Å². The van der Waals surface area contributed by atoms with Crippen LogP contribution >= 0.6 is 0 Å². The van der Waals surface area contributed by atoms with Gasteiger partial charge in [-0.25, -0.2) is 0 Å². The van der Waals surface area contributed by atoms with Crippen molar-refractivity contribution in [2.45, 2.75) is 0 Å². The van der Waals surface area contributed by atoms with Crippen LogP contribution in [0.3, 0.4) is 0 Å². The summed E-state index contributed by atoms with van der Waals surface area (Å²) in [5.41, 5.74) is 0. The predicted molar refractivity (Wildman–Crippen MR) is 41.3 cm³/mol. The number of halogens is 12. The zero-order chi connectivity index (χ0) is 13.5. The average molecular weight is 302 g/mol. The van der Waals surface area contributed by atoms with E-state index in [9.17, 15) is 51.8 Å². The number of rotatable bonds is 0. The van der Waals surface area contributed by atoms with E-state index in [4.69, 9.17) is 0 Å². The van der Waals surface area contributed by atoms with Gasteiger partial charge in [0, 0.05) is 0 Å². The second-order valence-corrected chi connectivity index (χ2v) is 1.48. The zero-order valence-corrected chi connectivity index (χ0v) is 6.77. The van der Waals surface area contributed by atoms with Crippen LogP contribution in [-0.2, 0) is 0 Å². The molecule has 0 saturated heterocycles. The van der Waals surface area contributed by atoms with Crippen LogP contribution in [0.1, 0.15) is 0 Å². The normalized spacial score (nSPS) is 10.6. The van der Waals surface area contributed by atoms with Crippen molar-refractivity contribution in [3.8, 4) is 0 Å². The van der Waals surface area contributed by atoms with Crippen LogP contribution in [0.4, 0.5) is 51.8 Å². The molecule has 0 atom stereocenters. The molecule has 0 unspecified atom stereocenters. The molecule has 0 aliphatic rings. The maximum absolute atomic E-state index is 9.75. The Labute approximate surface area is 109 Å². The molecule has 0 bridgehead atoms. The Kier molecular flexibility index (Phi) is 20.4. The van der Waals surface area contributed by atoms with E-state index >= 15 is 0 Å². The Morgan fingerprint density at radius 3 is 0.353 bits per heavy atom. The van der Waals surface area contributed by atoms with Crippen molar-refractivity contribution in [3.63, 3.8) is 0 Å².